The normalized spacial score (nSPS) is 11.6. The van der Waals surface area contributed by atoms with Crippen molar-refractivity contribution in [1.82, 2.24) is 10.2 Å². The number of aryl methyl sites for hydroxylation is 1. The van der Waals surface area contributed by atoms with Crippen LogP contribution in [0.2, 0.25) is 0 Å². The first-order chi connectivity index (χ1) is 6.53. The Hall–Kier alpha value is -1.01. The molecular weight excluding hydrogens is 204 g/mol. The van der Waals surface area contributed by atoms with Crippen molar-refractivity contribution in [3.05, 3.63) is 23.5 Å². The minimum Gasteiger partial charge on any atom is -0.270 e. The van der Waals surface area contributed by atoms with Crippen molar-refractivity contribution in [2.24, 2.45) is 0 Å². The molecule has 1 heterocycles. The Balaban J connectivity index is 2.74. The molecule has 78 valence electrons. The lowest BCUT2D eigenvalue weighted by Crippen LogP contribution is -2.10. The van der Waals surface area contributed by atoms with Gasteiger partial charge in [0.2, 0.25) is 0 Å². The molecule has 0 radical (unpaired) electrons. The topological polar surface area (TPSA) is 69.2 Å². The van der Waals surface area contributed by atoms with E-state index in [0.29, 0.717) is 5.69 Å². The average molecular weight is 216 g/mol. The molecule has 0 unspecified atom stereocenters. The van der Waals surface area contributed by atoms with Crippen LogP contribution in [-0.2, 0) is 20.1 Å². The maximum atomic E-state index is 11.2. The Morgan fingerprint density at radius 3 is 2.57 bits per heavy atom. The van der Waals surface area contributed by atoms with Gasteiger partial charge in [-0.3, -0.25) is 4.18 Å². The lowest BCUT2D eigenvalue weighted by Gasteiger charge is -2.01. The van der Waals surface area contributed by atoms with Gasteiger partial charge in [0, 0.05) is 0 Å². The molecule has 0 N–H and O–H groups in total. The summed E-state index contributed by atoms with van der Waals surface area (Å²) in [6.45, 7) is 3.55. The van der Waals surface area contributed by atoms with Gasteiger partial charge in [-0.15, -0.1) is 0 Å². The first kappa shape index (κ1) is 11.1. The number of aromatic nitrogens is 2. The van der Waals surface area contributed by atoms with E-state index in [2.05, 4.69) is 14.4 Å². The smallest absolute Gasteiger partial charge is 0.270 e. The van der Waals surface area contributed by atoms with Crippen LogP contribution in [0.15, 0.2) is 12.1 Å². The Morgan fingerprint density at radius 1 is 1.36 bits per heavy atom. The third-order valence-electron chi connectivity index (χ3n) is 1.48. The van der Waals surface area contributed by atoms with Gasteiger partial charge in [-0.2, -0.15) is 18.6 Å². The largest absolute Gasteiger partial charge is 0.273 e. The van der Waals surface area contributed by atoms with Gasteiger partial charge in [0.1, 0.15) is 5.75 Å². The van der Waals surface area contributed by atoms with Gasteiger partial charge in [0.25, 0.3) is 10.1 Å². The van der Waals surface area contributed by atoms with E-state index in [-0.39, 0.29) is 12.4 Å². The van der Waals surface area contributed by atoms with Crippen LogP contribution in [-0.4, -0.2) is 25.2 Å². The molecule has 0 atom stereocenters. The van der Waals surface area contributed by atoms with Crippen molar-refractivity contribution < 1.29 is 12.6 Å². The van der Waals surface area contributed by atoms with Crippen LogP contribution in [0.5, 0.6) is 0 Å². The number of hydrogen-bond acceptors (Lipinski definition) is 5. The van der Waals surface area contributed by atoms with Crippen molar-refractivity contribution >= 4 is 10.1 Å². The lowest BCUT2D eigenvalue weighted by atomic mass is 10.4. The summed E-state index contributed by atoms with van der Waals surface area (Å²) in [6, 6.07) is 3.34. The van der Waals surface area contributed by atoms with Gasteiger partial charge in [-0.25, -0.2) is 0 Å². The van der Waals surface area contributed by atoms with Gasteiger partial charge >= 0.3 is 0 Å². The SMILES string of the molecule is CCOS(=O)(=O)Cc1ccc(C)nn1. The zero-order valence-electron chi connectivity index (χ0n) is 8.10. The fraction of sp³-hybridized carbons (Fsp3) is 0.500. The second-order valence-corrected chi connectivity index (χ2v) is 4.41. The van der Waals surface area contributed by atoms with Gasteiger partial charge in [0.15, 0.2) is 0 Å². The molecule has 0 spiro atoms. The first-order valence-electron chi connectivity index (χ1n) is 4.20. The van der Waals surface area contributed by atoms with E-state index >= 15 is 0 Å². The standard InChI is InChI=1S/C8H12N2O3S/c1-3-13-14(11,12)6-8-5-4-7(2)9-10-8/h4-5H,3,6H2,1-2H3. The summed E-state index contributed by atoms with van der Waals surface area (Å²) in [7, 11) is -3.50. The predicted molar refractivity (Wildman–Crippen MR) is 51.0 cm³/mol. The summed E-state index contributed by atoms with van der Waals surface area (Å²) in [5.74, 6) is -0.228. The highest BCUT2D eigenvalue weighted by molar-refractivity contribution is 7.85. The molecule has 0 saturated carbocycles. The Bertz CT molecular complexity index is 386. The van der Waals surface area contributed by atoms with Crippen LogP contribution in [0.1, 0.15) is 18.3 Å². The molecule has 0 aliphatic heterocycles. The second-order valence-electron chi connectivity index (χ2n) is 2.77. The van der Waals surface area contributed by atoms with Crippen LogP contribution >= 0.6 is 0 Å². The summed E-state index contributed by atoms with van der Waals surface area (Å²) in [6.07, 6.45) is 0. The molecule has 0 bridgehead atoms. The van der Waals surface area contributed by atoms with Crippen LogP contribution in [0, 0.1) is 6.92 Å². The molecule has 0 saturated heterocycles. The van der Waals surface area contributed by atoms with E-state index in [1.807, 2.05) is 0 Å². The Labute approximate surface area is 83.2 Å². The number of nitrogens with zero attached hydrogens (tertiary/aromatic N) is 2. The molecule has 1 aromatic heterocycles. The zero-order chi connectivity index (χ0) is 10.6. The Morgan fingerprint density at radius 2 is 2.07 bits per heavy atom. The highest BCUT2D eigenvalue weighted by Gasteiger charge is 2.12. The highest BCUT2D eigenvalue weighted by atomic mass is 32.2. The number of rotatable bonds is 4. The van der Waals surface area contributed by atoms with Crippen molar-refractivity contribution in [3.8, 4) is 0 Å². The minimum absolute atomic E-state index is 0.140. The third kappa shape index (κ3) is 3.39. The molecule has 1 aromatic rings. The summed E-state index contributed by atoms with van der Waals surface area (Å²) in [5.41, 5.74) is 1.15. The maximum absolute atomic E-state index is 11.2. The summed E-state index contributed by atoms with van der Waals surface area (Å²) >= 11 is 0. The van der Waals surface area contributed by atoms with Gasteiger partial charge in [-0.1, -0.05) is 0 Å². The summed E-state index contributed by atoms with van der Waals surface area (Å²) in [4.78, 5) is 0. The van der Waals surface area contributed by atoms with Crippen molar-refractivity contribution in [3.63, 3.8) is 0 Å². The van der Waals surface area contributed by atoms with E-state index in [9.17, 15) is 8.42 Å². The van der Waals surface area contributed by atoms with E-state index in [4.69, 9.17) is 0 Å². The van der Waals surface area contributed by atoms with Crippen LogP contribution in [0.25, 0.3) is 0 Å². The van der Waals surface area contributed by atoms with Gasteiger partial charge < -0.3 is 0 Å². The fourth-order valence-corrected chi connectivity index (χ4v) is 1.86. The van der Waals surface area contributed by atoms with Crippen molar-refractivity contribution in [2.75, 3.05) is 6.61 Å². The van der Waals surface area contributed by atoms with Gasteiger partial charge in [0.05, 0.1) is 18.0 Å². The van der Waals surface area contributed by atoms with Crippen molar-refractivity contribution in [2.45, 2.75) is 19.6 Å². The van der Waals surface area contributed by atoms with Crippen molar-refractivity contribution in [1.29, 1.82) is 0 Å². The highest BCUT2D eigenvalue weighted by Crippen LogP contribution is 2.04. The maximum Gasteiger partial charge on any atom is 0.273 e. The summed E-state index contributed by atoms with van der Waals surface area (Å²) < 4.78 is 27.0. The minimum atomic E-state index is -3.50. The van der Waals surface area contributed by atoms with E-state index < -0.39 is 10.1 Å². The lowest BCUT2D eigenvalue weighted by molar-refractivity contribution is 0.337. The molecule has 14 heavy (non-hydrogen) atoms. The predicted octanol–water partition coefficient (Wildman–Crippen LogP) is 0.651. The van der Waals surface area contributed by atoms with Crippen LogP contribution in [0.4, 0.5) is 0 Å². The van der Waals surface area contributed by atoms with Gasteiger partial charge in [-0.05, 0) is 26.0 Å². The Kier molecular flexibility index (Phi) is 3.54. The quantitative estimate of drug-likeness (QED) is 0.691. The van der Waals surface area contributed by atoms with Crippen LogP contribution < -0.4 is 0 Å². The zero-order valence-corrected chi connectivity index (χ0v) is 8.91. The number of hydrogen-bond donors (Lipinski definition) is 0. The third-order valence-corrected chi connectivity index (χ3v) is 2.72. The van der Waals surface area contributed by atoms with E-state index in [0.717, 1.165) is 5.69 Å². The van der Waals surface area contributed by atoms with E-state index in [1.54, 1.807) is 26.0 Å². The monoisotopic (exact) mass is 216 g/mol. The van der Waals surface area contributed by atoms with E-state index in [1.165, 1.54) is 0 Å². The second kappa shape index (κ2) is 4.47. The first-order valence-corrected chi connectivity index (χ1v) is 5.77. The average Bonchev–Trinajstić information content (AvgIpc) is 2.08. The molecule has 0 aliphatic rings. The fourth-order valence-electron chi connectivity index (χ4n) is 0.906. The molecule has 1 rings (SSSR count). The molecular formula is C8H12N2O3S. The summed E-state index contributed by atoms with van der Waals surface area (Å²) in [5, 5.41) is 7.49. The molecule has 6 heteroatoms. The molecule has 0 aromatic carbocycles. The molecule has 0 aliphatic carbocycles. The molecule has 0 fully saturated rings. The van der Waals surface area contributed by atoms with Crippen LogP contribution in [0.3, 0.4) is 0 Å². The molecule has 5 nitrogen and oxygen atoms in total. The molecule has 0 amide bonds.